The van der Waals surface area contributed by atoms with Crippen LogP contribution < -0.4 is 10.2 Å². The molecule has 0 unspecified atom stereocenters. The number of carbonyl (C=O) groups excluding carboxylic acids is 1. The van der Waals surface area contributed by atoms with Gasteiger partial charge in [-0.1, -0.05) is 30.3 Å². The minimum Gasteiger partial charge on any atom is -0.355 e. The number of nitrogens with zero attached hydrogens (tertiary/aromatic N) is 2. The summed E-state index contributed by atoms with van der Waals surface area (Å²) in [5.41, 5.74) is 7.00. The zero-order valence-corrected chi connectivity index (χ0v) is 15.0. The fourth-order valence-corrected chi connectivity index (χ4v) is 3.35. The van der Waals surface area contributed by atoms with E-state index in [2.05, 4.69) is 36.3 Å². The molecule has 0 radical (unpaired) electrons. The van der Waals surface area contributed by atoms with Crippen LogP contribution in [0.4, 0.5) is 17.1 Å². The summed E-state index contributed by atoms with van der Waals surface area (Å²) >= 11 is 0. The second-order valence-electron chi connectivity index (χ2n) is 6.64. The molecule has 1 aromatic heterocycles. The molecular weight excluding hydrogens is 322 g/mol. The summed E-state index contributed by atoms with van der Waals surface area (Å²) in [6.07, 6.45) is 2.57. The third-order valence-corrected chi connectivity index (χ3v) is 5.00. The van der Waals surface area contributed by atoms with Crippen LogP contribution in [0.1, 0.15) is 27.2 Å². The monoisotopic (exact) mass is 343 g/mol. The third kappa shape index (κ3) is 2.94. The van der Waals surface area contributed by atoms with Crippen LogP contribution in [-0.4, -0.2) is 17.4 Å². The molecule has 1 aliphatic rings. The van der Waals surface area contributed by atoms with Crippen molar-refractivity contribution >= 4 is 23.0 Å². The number of para-hydroxylation sites is 1. The standard InChI is InChI=1S/C22H21N3O/c1-15-6-5-8-19(16(15)2)24-18-10-12-23-20(14-18)22(26)25-13-11-17-7-3-4-9-21(17)25/h3-10,12,14H,11,13H2,1-2H3,(H,23,24). The Morgan fingerprint density at radius 1 is 1.08 bits per heavy atom. The quantitative estimate of drug-likeness (QED) is 0.753. The molecule has 4 nitrogen and oxygen atoms in total. The number of hydrogen-bond acceptors (Lipinski definition) is 3. The van der Waals surface area contributed by atoms with E-state index in [1.165, 1.54) is 16.7 Å². The second kappa shape index (κ2) is 6.64. The van der Waals surface area contributed by atoms with Crippen LogP contribution in [0.3, 0.4) is 0 Å². The molecule has 2 heterocycles. The van der Waals surface area contributed by atoms with Crippen LogP contribution in [0.25, 0.3) is 0 Å². The van der Waals surface area contributed by atoms with Gasteiger partial charge in [-0.05, 0) is 61.2 Å². The Hall–Kier alpha value is -3.14. The number of aryl methyl sites for hydroxylation is 1. The highest BCUT2D eigenvalue weighted by Gasteiger charge is 2.26. The van der Waals surface area contributed by atoms with Crippen LogP contribution in [0.2, 0.25) is 0 Å². The van der Waals surface area contributed by atoms with Gasteiger partial charge >= 0.3 is 0 Å². The Morgan fingerprint density at radius 3 is 2.81 bits per heavy atom. The molecule has 26 heavy (non-hydrogen) atoms. The average molecular weight is 343 g/mol. The predicted octanol–water partition coefficient (Wildman–Crippen LogP) is 4.64. The van der Waals surface area contributed by atoms with Gasteiger partial charge in [-0.15, -0.1) is 0 Å². The highest BCUT2D eigenvalue weighted by Crippen LogP contribution is 2.29. The third-order valence-electron chi connectivity index (χ3n) is 5.00. The molecule has 3 aromatic rings. The molecule has 2 aromatic carbocycles. The summed E-state index contributed by atoms with van der Waals surface area (Å²) in [4.78, 5) is 19.1. The van der Waals surface area contributed by atoms with Gasteiger partial charge in [-0.25, -0.2) is 0 Å². The molecule has 1 N–H and O–H groups in total. The lowest BCUT2D eigenvalue weighted by Gasteiger charge is -2.17. The fourth-order valence-electron chi connectivity index (χ4n) is 3.35. The molecule has 1 amide bonds. The van der Waals surface area contributed by atoms with Crippen molar-refractivity contribution in [3.8, 4) is 0 Å². The maximum Gasteiger partial charge on any atom is 0.276 e. The summed E-state index contributed by atoms with van der Waals surface area (Å²) in [7, 11) is 0. The Kier molecular flexibility index (Phi) is 4.17. The van der Waals surface area contributed by atoms with E-state index in [9.17, 15) is 4.79 Å². The lowest BCUT2D eigenvalue weighted by molar-refractivity contribution is 0.0984. The Balaban J connectivity index is 1.60. The summed E-state index contributed by atoms with van der Waals surface area (Å²) < 4.78 is 0. The van der Waals surface area contributed by atoms with Crippen LogP contribution >= 0.6 is 0 Å². The van der Waals surface area contributed by atoms with Gasteiger partial charge < -0.3 is 10.2 Å². The van der Waals surface area contributed by atoms with Crippen molar-refractivity contribution in [2.75, 3.05) is 16.8 Å². The van der Waals surface area contributed by atoms with E-state index >= 15 is 0 Å². The normalized spacial score (nSPS) is 12.8. The van der Waals surface area contributed by atoms with E-state index in [1.807, 2.05) is 47.4 Å². The van der Waals surface area contributed by atoms with Gasteiger partial charge in [0.25, 0.3) is 5.91 Å². The SMILES string of the molecule is Cc1cccc(Nc2ccnc(C(=O)N3CCc4ccccc43)c2)c1C. The predicted molar refractivity (Wildman–Crippen MR) is 105 cm³/mol. The van der Waals surface area contributed by atoms with Crippen LogP contribution in [0.15, 0.2) is 60.8 Å². The molecular formula is C22H21N3O. The number of rotatable bonds is 3. The first-order chi connectivity index (χ1) is 12.6. The number of anilines is 3. The van der Waals surface area contributed by atoms with E-state index in [0.29, 0.717) is 12.2 Å². The largest absolute Gasteiger partial charge is 0.355 e. The molecule has 0 saturated carbocycles. The van der Waals surface area contributed by atoms with Gasteiger partial charge in [-0.3, -0.25) is 9.78 Å². The number of benzene rings is 2. The van der Waals surface area contributed by atoms with Gasteiger partial charge in [0.2, 0.25) is 0 Å². The summed E-state index contributed by atoms with van der Waals surface area (Å²) in [6.45, 7) is 4.88. The van der Waals surface area contributed by atoms with Crippen molar-refractivity contribution in [3.05, 3.63) is 83.2 Å². The van der Waals surface area contributed by atoms with Gasteiger partial charge in [0.15, 0.2) is 0 Å². The van der Waals surface area contributed by atoms with E-state index in [-0.39, 0.29) is 5.91 Å². The fraction of sp³-hybridized carbons (Fsp3) is 0.182. The first-order valence-corrected chi connectivity index (χ1v) is 8.82. The number of fused-ring (bicyclic) bond motifs is 1. The molecule has 1 aliphatic heterocycles. The maximum absolute atomic E-state index is 13.0. The lowest BCUT2D eigenvalue weighted by Crippen LogP contribution is -2.29. The summed E-state index contributed by atoms with van der Waals surface area (Å²) in [6, 6.07) is 17.9. The number of hydrogen-bond donors (Lipinski definition) is 1. The maximum atomic E-state index is 13.0. The molecule has 0 bridgehead atoms. The highest BCUT2D eigenvalue weighted by molar-refractivity contribution is 6.06. The van der Waals surface area contributed by atoms with Gasteiger partial charge in [-0.2, -0.15) is 0 Å². The molecule has 0 spiro atoms. The van der Waals surface area contributed by atoms with E-state index < -0.39 is 0 Å². The smallest absolute Gasteiger partial charge is 0.276 e. The average Bonchev–Trinajstić information content (AvgIpc) is 3.09. The molecule has 4 heteroatoms. The lowest BCUT2D eigenvalue weighted by atomic mass is 10.1. The summed E-state index contributed by atoms with van der Waals surface area (Å²) in [5.74, 6) is -0.0560. The van der Waals surface area contributed by atoms with Crippen LogP contribution in [0.5, 0.6) is 0 Å². The van der Waals surface area contributed by atoms with Gasteiger partial charge in [0.1, 0.15) is 5.69 Å². The van der Waals surface area contributed by atoms with Gasteiger partial charge in [0, 0.05) is 29.8 Å². The van der Waals surface area contributed by atoms with E-state index in [0.717, 1.165) is 23.5 Å². The van der Waals surface area contributed by atoms with Gasteiger partial charge in [0.05, 0.1) is 0 Å². The Labute approximate surface area is 153 Å². The zero-order chi connectivity index (χ0) is 18.1. The van der Waals surface area contributed by atoms with E-state index in [4.69, 9.17) is 0 Å². The Morgan fingerprint density at radius 2 is 1.92 bits per heavy atom. The first kappa shape index (κ1) is 16.3. The Bertz CT molecular complexity index is 981. The molecule has 130 valence electrons. The van der Waals surface area contributed by atoms with Crippen LogP contribution in [0, 0.1) is 13.8 Å². The van der Waals surface area contributed by atoms with Crippen molar-refractivity contribution in [1.29, 1.82) is 0 Å². The number of carbonyl (C=O) groups is 1. The van der Waals surface area contributed by atoms with Crippen molar-refractivity contribution in [2.45, 2.75) is 20.3 Å². The van der Waals surface area contributed by atoms with Crippen molar-refractivity contribution in [1.82, 2.24) is 4.98 Å². The molecule has 4 rings (SSSR count). The minimum absolute atomic E-state index is 0.0560. The number of pyridine rings is 1. The van der Waals surface area contributed by atoms with Crippen molar-refractivity contribution in [2.24, 2.45) is 0 Å². The molecule has 0 atom stereocenters. The zero-order valence-electron chi connectivity index (χ0n) is 15.0. The molecule has 0 saturated heterocycles. The van der Waals surface area contributed by atoms with Crippen molar-refractivity contribution < 1.29 is 4.79 Å². The van der Waals surface area contributed by atoms with E-state index in [1.54, 1.807) is 6.20 Å². The number of nitrogens with one attached hydrogen (secondary N) is 1. The second-order valence-corrected chi connectivity index (χ2v) is 6.64. The first-order valence-electron chi connectivity index (χ1n) is 8.82. The minimum atomic E-state index is -0.0560. The highest BCUT2D eigenvalue weighted by atomic mass is 16.2. The molecule has 0 fully saturated rings. The number of amides is 1. The topological polar surface area (TPSA) is 45.2 Å². The summed E-state index contributed by atoms with van der Waals surface area (Å²) in [5, 5.41) is 3.41. The van der Waals surface area contributed by atoms with Crippen LogP contribution in [-0.2, 0) is 6.42 Å². The molecule has 0 aliphatic carbocycles. The number of aromatic nitrogens is 1. The van der Waals surface area contributed by atoms with Crippen molar-refractivity contribution in [3.63, 3.8) is 0 Å².